The topological polar surface area (TPSA) is 57.2 Å². The van der Waals surface area contributed by atoms with Crippen molar-refractivity contribution in [3.05, 3.63) is 167 Å². The number of rotatable bonds is 10. The zero-order chi connectivity index (χ0) is 30.4. The molecular weight excluding hydrogens is 560 g/mol. The minimum Gasteiger partial charge on any atom is -0.485 e. The number of hydrogen-bond donors (Lipinski definition) is 1. The third-order valence-corrected chi connectivity index (χ3v) is 8.08. The van der Waals surface area contributed by atoms with E-state index in [1.54, 1.807) is 0 Å². The van der Waals surface area contributed by atoms with Crippen LogP contribution in [0.3, 0.4) is 0 Å². The van der Waals surface area contributed by atoms with Crippen molar-refractivity contribution in [3.8, 4) is 23.0 Å². The molecule has 1 heterocycles. The summed E-state index contributed by atoms with van der Waals surface area (Å²) in [6.45, 7) is 1.05. The van der Waals surface area contributed by atoms with Crippen molar-refractivity contribution < 1.29 is 24.1 Å². The highest BCUT2D eigenvalue weighted by Gasteiger charge is 2.31. The van der Waals surface area contributed by atoms with E-state index in [4.69, 9.17) is 18.9 Å². The molecule has 2 atom stereocenters. The molecule has 7 rings (SSSR count). The first-order valence-corrected chi connectivity index (χ1v) is 15.3. The monoisotopic (exact) mass is 594 g/mol. The second-order valence-corrected chi connectivity index (χ2v) is 11.2. The molecule has 45 heavy (non-hydrogen) atoms. The van der Waals surface area contributed by atoms with Gasteiger partial charge >= 0.3 is 0 Å². The number of fused-ring (bicyclic) bond motifs is 3. The molecule has 0 fully saturated rings. The van der Waals surface area contributed by atoms with Gasteiger partial charge in [0.1, 0.15) is 31.7 Å². The predicted octanol–water partition coefficient (Wildman–Crippen LogP) is 9.13. The largest absolute Gasteiger partial charge is 0.485 e. The van der Waals surface area contributed by atoms with Crippen LogP contribution in [-0.4, -0.2) is 5.11 Å². The molecule has 6 aromatic carbocycles. The molecular formula is C40H34O5. The predicted molar refractivity (Wildman–Crippen MR) is 176 cm³/mol. The van der Waals surface area contributed by atoms with Gasteiger partial charge in [-0.1, -0.05) is 127 Å². The fraction of sp³-hybridized carbons (Fsp3) is 0.150. The normalized spacial score (nSPS) is 15.6. The highest BCUT2D eigenvalue weighted by atomic mass is 16.5. The first-order valence-electron chi connectivity index (χ1n) is 15.3. The average molecular weight is 595 g/mol. The Hall–Kier alpha value is -5.26. The maximum absolute atomic E-state index is 11.3. The molecule has 6 aromatic rings. The second-order valence-electron chi connectivity index (χ2n) is 11.2. The zero-order valence-electron chi connectivity index (χ0n) is 24.8. The lowest BCUT2D eigenvalue weighted by Crippen LogP contribution is -2.19. The first kappa shape index (κ1) is 28.5. The molecule has 0 spiro atoms. The van der Waals surface area contributed by atoms with Crippen LogP contribution in [0.25, 0.3) is 10.8 Å². The Bertz CT molecular complexity index is 1810. The van der Waals surface area contributed by atoms with Crippen LogP contribution in [0.2, 0.25) is 0 Å². The Morgan fingerprint density at radius 2 is 1.09 bits per heavy atom. The quantitative estimate of drug-likeness (QED) is 0.171. The van der Waals surface area contributed by atoms with Crippen molar-refractivity contribution in [2.24, 2.45) is 0 Å². The maximum atomic E-state index is 11.3. The van der Waals surface area contributed by atoms with Gasteiger partial charge in [-0.15, -0.1) is 0 Å². The van der Waals surface area contributed by atoms with Crippen LogP contribution in [-0.2, 0) is 19.8 Å². The lowest BCUT2D eigenvalue weighted by molar-refractivity contribution is 0.0668. The summed E-state index contributed by atoms with van der Waals surface area (Å²) in [5.74, 6) is 2.34. The van der Waals surface area contributed by atoms with Crippen molar-refractivity contribution in [2.45, 2.75) is 38.4 Å². The summed E-state index contributed by atoms with van der Waals surface area (Å²) in [7, 11) is 0. The van der Waals surface area contributed by atoms with E-state index in [-0.39, 0.29) is 0 Å². The van der Waals surface area contributed by atoms with Gasteiger partial charge in [-0.2, -0.15) is 0 Å². The van der Waals surface area contributed by atoms with E-state index < -0.39 is 12.2 Å². The molecule has 5 heteroatoms. The molecule has 0 aliphatic carbocycles. The molecule has 5 nitrogen and oxygen atoms in total. The summed E-state index contributed by atoms with van der Waals surface area (Å²) in [6, 6.07) is 46.1. The van der Waals surface area contributed by atoms with Crippen molar-refractivity contribution in [1.29, 1.82) is 0 Å². The first-order chi connectivity index (χ1) is 22.2. The Kier molecular flexibility index (Phi) is 8.34. The minimum atomic E-state index is -0.681. The van der Waals surface area contributed by atoms with E-state index in [0.717, 1.165) is 38.6 Å². The smallest absolute Gasteiger partial charge is 0.203 e. The van der Waals surface area contributed by atoms with E-state index in [0.29, 0.717) is 49.2 Å². The highest BCUT2D eigenvalue weighted by molar-refractivity contribution is 5.90. The number of aliphatic hydroxyl groups excluding tert-OH is 1. The molecule has 0 radical (unpaired) electrons. The van der Waals surface area contributed by atoms with Gasteiger partial charge in [0.2, 0.25) is 5.75 Å². The number of hydrogen-bond acceptors (Lipinski definition) is 5. The lowest BCUT2D eigenvalue weighted by atomic mass is 9.92. The van der Waals surface area contributed by atoms with E-state index in [9.17, 15) is 5.11 Å². The van der Waals surface area contributed by atoms with Crippen LogP contribution < -0.4 is 18.9 Å². The molecule has 0 amide bonds. The van der Waals surface area contributed by atoms with Crippen LogP contribution in [0, 0.1) is 0 Å². The fourth-order valence-corrected chi connectivity index (χ4v) is 5.72. The molecule has 0 aromatic heterocycles. The van der Waals surface area contributed by atoms with Crippen LogP contribution in [0.1, 0.15) is 46.4 Å². The third-order valence-electron chi connectivity index (χ3n) is 8.08. The minimum absolute atomic E-state index is 0.349. The van der Waals surface area contributed by atoms with Gasteiger partial charge < -0.3 is 24.1 Å². The Labute approximate surface area is 263 Å². The summed E-state index contributed by atoms with van der Waals surface area (Å²) >= 11 is 0. The SMILES string of the molecule is OC1C[C@@H](c2cc(OCc3ccccc3)c(OCc3ccccc3)c(OCc3ccccc3)c2)Oc2c1ccc1ccccc21. The van der Waals surface area contributed by atoms with Gasteiger partial charge in [-0.25, -0.2) is 0 Å². The van der Waals surface area contributed by atoms with Gasteiger partial charge in [0.25, 0.3) is 0 Å². The Morgan fingerprint density at radius 3 is 1.67 bits per heavy atom. The second kappa shape index (κ2) is 13.2. The van der Waals surface area contributed by atoms with Gasteiger partial charge in [0, 0.05) is 22.9 Å². The maximum Gasteiger partial charge on any atom is 0.203 e. The van der Waals surface area contributed by atoms with E-state index >= 15 is 0 Å². The molecule has 0 saturated carbocycles. The van der Waals surface area contributed by atoms with Crippen molar-refractivity contribution in [2.75, 3.05) is 0 Å². The zero-order valence-corrected chi connectivity index (χ0v) is 24.8. The third kappa shape index (κ3) is 6.49. The van der Waals surface area contributed by atoms with E-state index in [1.165, 1.54) is 0 Å². The Balaban J connectivity index is 1.28. The van der Waals surface area contributed by atoms with E-state index in [1.807, 2.05) is 133 Å². The van der Waals surface area contributed by atoms with Gasteiger partial charge in [0.05, 0.1) is 6.10 Å². The van der Waals surface area contributed by atoms with Gasteiger partial charge in [0.15, 0.2) is 11.5 Å². The summed E-state index contributed by atoms with van der Waals surface area (Å²) in [4.78, 5) is 0. The molecule has 224 valence electrons. The van der Waals surface area contributed by atoms with Crippen molar-refractivity contribution in [1.82, 2.24) is 0 Å². The van der Waals surface area contributed by atoms with E-state index in [2.05, 4.69) is 6.07 Å². The fourth-order valence-electron chi connectivity index (χ4n) is 5.72. The summed E-state index contributed by atoms with van der Waals surface area (Å²) in [5.41, 5.74) is 4.74. The van der Waals surface area contributed by atoms with Crippen LogP contribution in [0.4, 0.5) is 0 Å². The number of aliphatic hydroxyl groups is 1. The Morgan fingerprint density at radius 1 is 0.578 bits per heavy atom. The van der Waals surface area contributed by atoms with Crippen LogP contribution in [0.5, 0.6) is 23.0 Å². The summed E-state index contributed by atoms with van der Waals surface area (Å²) in [5, 5.41) is 13.3. The molecule has 1 N–H and O–H groups in total. The molecule has 1 unspecified atom stereocenters. The highest BCUT2D eigenvalue weighted by Crippen LogP contribution is 2.48. The molecule has 0 bridgehead atoms. The van der Waals surface area contributed by atoms with Crippen LogP contribution in [0.15, 0.2) is 140 Å². The lowest BCUT2D eigenvalue weighted by Gasteiger charge is -2.31. The average Bonchev–Trinajstić information content (AvgIpc) is 3.10. The van der Waals surface area contributed by atoms with Crippen LogP contribution >= 0.6 is 0 Å². The summed E-state index contributed by atoms with van der Waals surface area (Å²) in [6.07, 6.45) is -0.717. The van der Waals surface area contributed by atoms with Gasteiger partial charge in [-0.3, -0.25) is 0 Å². The number of ether oxygens (including phenoxy) is 4. The van der Waals surface area contributed by atoms with Crippen molar-refractivity contribution >= 4 is 10.8 Å². The standard InChI is InChI=1S/C40H34O5/c41-35-24-36(45-39-33-19-11-10-18-31(33)20-21-34(35)39)32-22-37(42-25-28-12-4-1-5-13-28)40(44-27-30-16-8-3-9-17-30)38(23-32)43-26-29-14-6-2-7-15-29/h1-23,35-36,41H,24-27H2/t35?,36-/m0/s1. The number of benzene rings is 6. The molecule has 0 saturated heterocycles. The van der Waals surface area contributed by atoms with Gasteiger partial charge in [-0.05, 0) is 34.2 Å². The summed E-state index contributed by atoms with van der Waals surface area (Å²) < 4.78 is 26.1. The molecule has 1 aliphatic rings. The van der Waals surface area contributed by atoms with Crippen molar-refractivity contribution in [3.63, 3.8) is 0 Å². The molecule has 1 aliphatic heterocycles.